The van der Waals surface area contributed by atoms with E-state index in [2.05, 4.69) is 13.8 Å². The first-order chi connectivity index (χ1) is 20.3. The van der Waals surface area contributed by atoms with Crippen molar-refractivity contribution in [2.45, 2.75) is 217 Å². The molecule has 0 aromatic heterocycles. The fraction of sp³-hybridized carbons (Fsp3) is 0.944. The summed E-state index contributed by atoms with van der Waals surface area (Å²) in [5.74, 6) is -1.83. The molecule has 0 saturated heterocycles. The van der Waals surface area contributed by atoms with Crippen LogP contribution in [0.1, 0.15) is 206 Å². The Morgan fingerprint density at radius 3 is 0.860 bits per heavy atom. The molecule has 0 aliphatic rings. The smallest absolute Gasteiger partial charge is 0.550 e. The number of carbonyl (C=O) groups is 2. The van der Waals surface area contributed by atoms with Crippen molar-refractivity contribution in [3.8, 4) is 0 Å². The molecule has 0 spiro atoms. The number of carboxylic acid groups (broad SMARTS) is 2. The zero-order valence-electron chi connectivity index (χ0n) is 28.5. The molecule has 43 heavy (non-hydrogen) atoms. The van der Waals surface area contributed by atoms with Crippen molar-refractivity contribution in [3.63, 3.8) is 0 Å². The van der Waals surface area contributed by atoms with Crippen LogP contribution < -0.4 is 10.2 Å². The topological polar surface area (TPSA) is 80.3 Å². The summed E-state index contributed by atoms with van der Waals surface area (Å²) in [6.07, 6.45) is 34.3. The summed E-state index contributed by atoms with van der Waals surface area (Å²) in [5.41, 5.74) is 0. The van der Waals surface area contributed by atoms with Crippen molar-refractivity contribution in [1.29, 1.82) is 0 Å². The second-order valence-corrected chi connectivity index (χ2v) is 13.6. The van der Waals surface area contributed by atoms with Gasteiger partial charge in [-0.1, -0.05) is 155 Å². The van der Waals surface area contributed by atoms with Crippen molar-refractivity contribution in [2.24, 2.45) is 0 Å². The SMILES string of the molecule is CCCCCC(Cl)CCCCCCCCCCCC(=O)[O-].CCCCCC(Cl)CCCCCCCCCCCC(=O)[O-].[Ba+2]. The second kappa shape index (κ2) is 41.1. The Kier molecular flexibility index (Phi) is 46.4. The molecule has 0 saturated carbocycles. The van der Waals surface area contributed by atoms with Crippen LogP contribution in [0.5, 0.6) is 0 Å². The van der Waals surface area contributed by atoms with Gasteiger partial charge in [0, 0.05) is 22.7 Å². The zero-order chi connectivity index (χ0) is 31.5. The molecule has 2 unspecified atom stereocenters. The number of aliphatic carboxylic acids is 2. The summed E-state index contributed by atoms with van der Waals surface area (Å²) in [5, 5.41) is 21.2. The van der Waals surface area contributed by atoms with Gasteiger partial charge in [-0.15, -0.1) is 23.2 Å². The van der Waals surface area contributed by atoms with Gasteiger partial charge < -0.3 is 19.8 Å². The van der Waals surface area contributed by atoms with Gasteiger partial charge in [0.05, 0.1) is 0 Å². The Morgan fingerprint density at radius 1 is 0.419 bits per heavy atom. The van der Waals surface area contributed by atoms with Gasteiger partial charge in [-0.3, -0.25) is 0 Å². The Labute approximate surface area is 318 Å². The summed E-state index contributed by atoms with van der Waals surface area (Å²) < 4.78 is 0. The number of hydrogen-bond donors (Lipinski definition) is 0. The van der Waals surface area contributed by atoms with Crippen LogP contribution in [0.3, 0.4) is 0 Å². The van der Waals surface area contributed by atoms with Crippen molar-refractivity contribution in [1.82, 2.24) is 0 Å². The molecule has 0 amide bonds. The van der Waals surface area contributed by atoms with Gasteiger partial charge in [0.2, 0.25) is 0 Å². The molecule has 0 radical (unpaired) electrons. The quantitative estimate of drug-likeness (QED) is 0.0388. The summed E-state index contributed by atoms with van der Waals surface area (Å²) in [7, 11) is 0. The molecular formula is C36H68BaCl2O4. The molecule has 252 valence electrons. The van der Waals surface area contributed by atoms with Crippen LogP contribution in [0.4, 0.5) is 0 Å². The minimum atomic E-state index is -0.915. The van der Waals surface area contributed by atoms with E-state index in [1.54, 1.807) is 0 Å². The van der Waals surface area contributed by atoms with E-state index in [-0.39, 0.29) is 61.7 Å². The van der Waals surface area contributed by atoms with Crippen LogP contribution in [0.15, 0.2) is 0 Å². The maximum Gasteiger partial charge on any atom is 2.00 e. The fourth-order valence-electron chi connectivity index (χ4n) is 5.27. The van der Waals surface area contributed by atoms with E-state index in [1.165, 1.54) is 141 Å². The van der Waals surface area contributed by atoms with Crippen molar-refractivity contribution >= 4 is 84.0 Å². The molecule has 0 bridgehead atoms. The molecule has 2 atom stereocenters. The van der Waals surface area contributed by atoms with Crippen LogP contribution in [0.25, 0.3) is 0 Å². The first-order valence-electron chi connectivity index (χ1n) is 18.0. The van der Waals surface area contributed by atoms with Gasteiger partial charge in [0.25, 0.3) is 0 Å². The number of unbranched alkanes of at least 4 members (excludes halogenated alkanes) is 20. The Hall–Kier alpha value is 1.09. The standard InChI is InChI=1S/2C18H35ClO2.Ba/c2*1-2-3-11-14-17(19)15-12-9-7-5-4-6-8-10-13-16-18(20)21;/h2*17H,2-16H2,1H3,(H,20,21);/q;;+2/p-2. The van der Waals surface area contributed by atoms with Crippen molar-refractivity contribution < 1.29 is 19.8 Å². The number of rotatable bonds is 32. The van der Waals surface area contributed by atoms with E-state index in [0.29, 0.717) is 10.8 Å². The molecule has 7 heteroatoms. The van der Waals surface area contributed by atoms with Crippen LogP contribution >= 0.6 is 23.2 Å². The predicted molar refractivity (Wildman–Crippen MR) is 185 cm³/mol. The minimum Gasteiger partial charge on any atom is -0.550 e. The summed E-state index contributed by atoms with van der Waals surface area (Å²) >= 11 is 12.6. The van der Waals surface area contributed by atoms with E-state index < -0.39 is 11.9 Å². The average Bonchev–Trinajstić information content (AvgIpc) is 2.95. The van der Waals surface area contributed by atoms with Gasteiger partial charge >= 0.3 is 48.9 Å². The molecular weight excluding hydrogens is 705 g/mol. The molecule has 4 nitrogen and oxygen atoms in total. The van der Waals surface area contributed by atoms with E-state index in [9.17, 15) is 19.8 Å². The van der Waals surface area contributed by atoms with Crippen LogP contribution in [-0.4, -0.2) is 71.6 Å². The second-order valence-electron chi connectivity index (χ2n) is 12.4. The monoisotopic (exact) mass is 772 g/mol. The Balaban J connectivity index is -0.000000727. The fourth-order valence-corrected chi connectivity index (χ4v) is 5.88. The Morgan fingerprint density at radius 2 is 0.628 bits per heavy atom. The van der Waals surface area contributed by atoms with Crippen LogP contribution in [0.2, 0.25) is 0 Å². The van der Waals surface area contributed by atoms with E-state index in [0.717, 1.165) is 38.5 Å². The number of hydrogen-bond acceptors (Lipinski definition) is 4. The summed E-state index contributed by atoms with van der Waals surface area (Å²) in [4.78, 5) is 20.5. The molecule has 0 fully saturated rings. The Bertz CT molecular complexity index is 517. The molecule has 0 N–H and O–H groups in total. The van der Waals surface area contributed by atoms with Gasteiger partial charge in [-0.25, -0.2) is 0 Å². The van der Waals surface area contributed by atoms with Gasteiger partial charge in [0.15, 0.2) is 0 Å². The molecule has 0 aliphatic heterocycles. The van der Waals surface area contributed by atoms with E-state index in [4.69, 9.17) is 23.2 Å². The molecule has 0 rings (SSSR count). The number of carbonyl (C=O) groups excluding carboxylic acids is 2. The average molecular weight is 773 g/mol. The maximum absolute atomic E-state index is 10.2. The molecule has 0 aromatic rings. The summed E-state index contributed by atoms with van der Waals surface area (Å²) in [6, 6.07) is 0. The number of halogens is 2. The molecule has 0 heterocycles. The normalized spacial score (nSPS) is 12.2. The van der Waals surface area contributed by atoms with Crippen molar-refractivity contribution in [2.75, 3.05) is 0 Å². The van der Waals surface area contributed by atoms with E-state index in [1.807, 2.05) is 0 Å². The zero-order valence-corrected chi connectivity index (χ0v) is 34.4. The van der Waals surface area contributed by atoms with Crippen LogP contribution in [0, 0.1) is 0 Å². The largest absolute Gasteiger partial charge is 2.00 e. The first-order valence-corrected chi connectivity index (χ1v) is 18.9. The molecule has 0 aromatic carbocycles. The predicted octanol–water partition coefficient (Wildman–Crippen LogP) is 10.0. The van der Waals surface area contributed by atoms with Gasteiger partial charge in [0.1, 0.15) is 0 Å². The van der Waals surface area contributed by atoms with Crippen molar-refractivity contribution in [3.05, 3.63) is 0 Å². The third kappa shape index (κ3) is 47.6. The van der Waals surface area contributed by atoms with Gasteiger partial charge in [-0.2, -0.15) is 0 Å². The third-order valence-electron chi connectivity index (χ3n) is 8.04. The minimum absolute atomic E-state index is 0. The third-order valence-corrected chi connectivity index (χ3v) is 8.91. The maximum atomic E-state index is 10.2. The van der Waals surface area contributed by atoms with E-state index >= 15 is 0 Å². The summed E-state index contributed by atoms with van der Waals surface area (Å²) in [6.45, 7) is 4.46. The first kappa shape index (κ1) is 48.5. The molecule has 0 aliphatic carbocycles. The number of alkyl halides is 2. The number of carboxylic acids is 2. The van der Waals surface area contributed by atoms with Crippen LogP contribution in [-0.2, 0) is 9.59 Å². The van der Waals surface area contributed by atoms with Gasteiger partial charge in [-0.05, 0) is 51.4 Å².